The quantitative estimate of drug-likeness (QED) is 0.906. The van der Waals surface area contributed by atoms with Crippen molar-refractivity contribution < 1.29 is 9.47 Å². The van der Waals surface area contributed by atoms with E-state index in [0.29, 0.717) is 18.6 Å². The van der Waals surface area contributed by atoms with Gasteiger partial charge in [-0.2, -0.15) is 0 Å². The predicted octanol–water partition coefficient (Wildman–Crippen LogP) is 3.40. The molecule has 0 amide bonds. The predicted molar refractivity (Wildman–Crippen MR) is 82.9 cm³/mol. The highest BCUT2D eigenvalue weighted by Gasteiger charge is 2.54. The topological polar surface area (TPSA) is 44.5 Å². The van der Waals surface area contributed by atoms with Crippen LogP contribution in [0.25, 0.3) is 0 Å². The fourth-order valence-electron chi connectivity index (χ4n) is 4.88. The smallest absolute Gasteiger partial charge is 0.161 e. The first kappa shape index (κ1) is 13.4. The molecule has 3 nitrogen and oxygen atoms in total. The van der Waals surface area contributed by atoms with Gasteiger partial charge in [0.1, 0.15) is 13.2 Å². The largest absolute Gasteiger partial charge is 0.486 e. The molecular weight excluding hydrogens is 262 g/mol. The minimum Gasteiger partial charge on any atom is -0.486 e. The standard InChI is InChI=1S/C18H25NO2/c19-13-18(11-17(12-18)6-2-1-3-7-17)14-4-5-15-16(10-14)21-9-8-20-15/h4-5,10H,1-3,6-9,11-13,19H2. The van der Waals surface area contributed by atoms with Crippen LogP contribution in [0.4, 0.5) is 0 Å². The van der Waals surface area contributed by atoms with Gasteiger partial charge in [-0.3, -0.25) is 0 Å². The number of rotatable bonds is 2. The van der Waals surface area contributed by atoms with Gasteiger partial charge in [-0.15, -0.1) is 0 Å². The van der Waals surface area contributed by atoms with E-state index in [4.69, 9.17) is 15.2 Å². The van der Waals surface area contributed by atoms with E-state index in [2.05, 4.69) is 18.2 Å². The molecule has 0 radical (unpaired) electrons. The lowest BCUT2D eigenvalue weighted by atomic mass is 9.46. The first-order chi connectivity index (χ1) is 10.3. The number of ether oxygens (including phenoxy) is 2. The molecule has 4 rings (SSSR count). The number of fused-ring (bicyclic) bond motifs is 1. The second kappa shape index (κ2) is 4.91. The SMILES string of the molecule is NCC1(c2ccc3c(c2)OCCO3)CC2(CCCCC2)C1. The zero-order chi connectivity index (χ0) is 14.3. The van der Waals surface area contributed by atoms with Crippen LogP contribution in [0.1, 0.15) is 50.5 Å². The number of hydrogen-bond acceptors (Lipinski definition) is 3. The first-order valence-corrected chi connectivity index (χ1v) is 8.36. The van der Waals surface area contributed by atoms with Crippen LogP contribution in [-0.4, -0.2) is 19.8 Å². The Balaban J connectivity index is 1.59. The Morgan fingerprint density at radius 2 is 1.67 bits per heavy atom. The van der Waals surface area contributed by atoms with Gasteiger partial charge in [-0.05, 0) is 48.8 Å². The third kappa shape index (κ3) is 2.13. The summed E-state index contributed by atoms with van der Waals surface area (Å²) in [6.07, 6.45) is 9.55. The Morgan fingerprint density at radius 1 is 0.952 bits per heavy atom. The minimum atomic E-state index is 0.174. The third-order valence-corrected chi connectivity index (χ3v) is 5.89. The van der Waals surface area contributed by atoms with Crippen LogP contribution < -0.4 is 15.2 Å². The van der Waals surface area contributed by atoms with E-state index < -0.39 is 0 Å². The van der Waals surface area contributed by atoms with Crippen LogP contribution in [0.2, 0.25) is 0 Å². The maximum Gasteiger partial charge on any atom is 0.161 e. The van der Waals surface area contributed by atoms with Crippen LogP contribution in [0.5, 0.6) is 11.5 Å². The molecule has 1 aromatic rings. The normalized spacial score (nSPS) is 25.4. The fraction of sp³-hybridized carbons (Fsp3) is 0.667. The zero-order valence-electron chi connectivity index (χ0n) is 12.7. The molecule has 114 valence electrons. The molecule has 2 fully saturated rings. The third-order valence-electron chi connectivity index (χ3n) is 5.89. The van der Waals surface area contributed by atoms with Gasteiger partial charge < -0.3 is 15.2 Å². The van der Waals surface area contributed by atoms with Crippen molar-refractivity contribution in [1.29, 1.82) is 0 Å². The monoisotopic (exact) mass is 287 g/mol. The van der Waals surface area contributed by atoms with Gasteiger partial charge in [0.25, 0.3) is 0 Å². The lowest BCUT2D eigenvalue weighted by Gasteiger charge is -2.58. The molecule has 2 aliphatic carbocycles. The number of benzene rings is 1. The summed E-state index contributed by atoms with van der Waals surface area (Å²) in [6, 6.07) is 6.44. The van der Waals surface area contributed by atoms with E-state index in [1.807, 2.05) is 0 Å². The van der Waals surface area contributed by atoms with E-state index in [9.17, 15) is 0 Å². The molecule has 3 heteroatoms. The molecule has 1 spiro atoms. The lowest BCUT2D eigenvalue weighted by Crippen LogP contribution is -2.54. The summed E-state index contributed by atoms with van der Waals surface area (Å²) >= 11 is 0. The Kier molecular flexibility index (Phi) is 3.14. The van der Waals surface area contributed by atoms with E-state index in [1.165, 1.54) is 50.5 Å². The van der Waals surface area contributed by atoms with Crippen molar-refractivity contribution in [2.75, 3.05) is 19.8 Å². The summed E-state index contributed by atoms with van der Waals surface area (Å²) in [4.78, 5) is 0. The van der Waals surface area contributed by atoms with Gasteiger partial charge in [-0.25, -0.2) is 0 Å². The van der Waals surface area contributed by atoms with Gasteiger partial charge >= 0.3 is 0 Å². The molecule has 2 saturated carbocycles. The average molecular weight is 287 g/mol. The van der Waals surface area contributed by atoms with E-state index >= 15 is 0 Å². The van der Waals surface area contributed by atoms with Crippen molar-refractivity contribution in [3.63, 3.8) is 0 Å². The summed E-state index contributed by atoms with van der Waals surface area (Å²) in [7, 11) is 0. The van der Waals surface area contributed by atoms with E-state index in [1.54, 1.807) is 0 Å². The fourth-order valence-corrected chi connectivity index (χ4v) is 4.88. The molecule has 1 aliphatic heterocycles. The van der Waals surface area contributed by atoms with E-state index in [0.717, 1.165) is 18.0 Å². The highest BCUT2D eigenvalue weighted by Crippen LogP contribution is 2.61. The summed E-state index contributed by atoms with van der Waals surface area (Å²) in [6.45, 7) is 2.04. The van der Waals surface area contributed by atoms with E-state index in [-0.39, 0.29) is 5.41 Å². The van der Waals surface area contributed by atoms with Gasteiger partial charge in [0.2, 0.25) is 0 Å². The summed E-state index contributed by atoms with van der Waals surface area (Å²) in [5.74, 6) is 1.78. The highest BCUT2D eigenvalue weighted by atomic mass is 16.6. The van der Waals surface area contributed by atoms with Crippen molar-refractivity contribution in [2.24, 2.45) is 11.1 Å². The Bertz CT molecular complexity index is 526. The maximum atomic E-state index is 6.19. The number of hydrogen-bond donors (Lipinski definition) is 1. The minimum absolute atomic E-state index is 0.174. The molecule has 3 aliphatic rings. The van der Waals surface area contributed by atoms with Crippen LogP contribution in [-0.2, 0) is 5.41 Å². The van der Waals surface area contributed by atoms with Gasteiger partial charge in [-0.1, -0.05) is 25.3 Å². The maximum absolute atomic E-state index is 6.19. The molecule has 1 aromatic carbocycles. The molecule has 0 bridgehead atoms. The van der Waals surface area contributed by atoms with Crippen LogP contribution in [0.3, 0.4) is 0 Å². The lowest BCUT2D eigenvalue weighted by molar-refractivity contribution is -0.00855. The van der Waals surface area contributed by atoms with Crippen LogP contribution in [0, 0.1) is 5.41 Å². The zero-order valence-corrected chi connectivity index (χ0v) is 12.7. The van der Waals surface area contributed by atoms with Crippen molar-refractivity contribution >= 4 is 0 Å². The summed E-state index contributed by atoms with van der Waals surface area (Å²) in [5.41, 5.74) is 8.31. The Hall–Kier alpha value is -1.22. The highest BCUT2D eigenvalue weighted by molar-refractivity contribution is 5.47. The number of nitrogens with two attached hydrogens (primary N) is 1. The Morgan fingerprint density at radius 3 is 2.38 bits per heavy atom. The molecule has 0 atom stereocenters. The molecule has 2 N–H and O–H groups in total. The molecule has 0 aromatic heterocycles. The van der Waals surface area contributed by atoms with Crippen molar-refractivity contribution in [3.05, 3.63) is 23.8 Å². The molecular formula is C18H25NO2. The van der Waals surface area contributed by atoms with Crippen molar-refractivity contribution in [2.45, 2.75) is 50.4 Å². The van der Waals surface area contributed by atoms with Gasteiger partial charge in [0.15, 0.2) is 11.5 Å². The average Bonchev–Trinajstić information content (AvgIpc) is 2.52. The van der Waals surface area contributed by atoms with Crippen LogP contribution in [0.15, 0.2) is 18.2 Å². The van der Waals surface area contributed by atoms with Gasteiger partial charge in [0.05, 0.1) is 0 Å². The molecule has 1 heterocycles. The molecule has 0 saturated heterocycles. The second-order valence-corrected chi connectivity index (χ2v) is 7.26. The summed E-state index contributed by atoms with van der Waals surface area (Å²) in [5, 5.41) is 0. The second-order valence-electron chi connectivity index (χ2n) is 7.26. The molecule has 21 heavy (non-hydrogen) atoms. The van der Waals surface area contributed by atoms with Gasteiger partial charge in [0, 0.05) is 12.0 Å². The Labute approximate surface area is 126 Å². The summed E-state index contributed by atoms with van der Waals surface area (Å²) < 4.78 is 11.4. The van der Waals surface area contributed by atoms with Crippen molar-refractivity contribution in [1.82, 2.24) is 0 Å². The molecule has 0 unspecified atom stereocenters. The first-order valence-electron chi connectivity index (χ1n) is 8.36. The van der Waals surface area contributed by atoms with Crippen molar-refractivity contribution in [3.8, 4) is 11.5 Å². The van der Waals surface area contributed by atoms with Crippen LogP contribution >= 0.6 is 0 Å².